The summed E-state index contributed by atoms with van der Waals surface area (Å²) in [6.45, 7) is 0.816. The molecule has 1 aromatic carbocycles. The number of benzene rings is 1. The van der Waals surface area contributed by atoms with Crippen LogP contribution < -0.4 is 10.6 Å². The molecule has 3 heteroatoms. The van der Waals surface area contributed by atoms with Gasteiger partial charge in [-0.05, 0) is 43.2 Å². The molecule has 1 aliphatic carbocycles. The predicted molar refractivity (Wildman–Crippen MR) is 86.1 cm³/mol. The fourth-order valence-corrected chi connectivity index (χ4v) is 3.80. The monoisotopic (exact) mass is 286 g/mol. The highest BCUT2D eigenvalue weighted by Gasteiger charge is 2.26. The summed E-state index contributed by atoms with van der Waals surface area (Å²) >= 11 is 0. The Morgan fingerprint density at radius 2 is 1.86 bits per heavy atom. The minimum atomic E-state index is 0.0636. The minimum absolute atomic E-state index is 0.0636. The number of nitrogens with zero attached hydrogens (tertiary/aromatic N) is 1. The standard InChI is InChI=1S/C18H26N2O/c19-16-10-6-12-20(17-11-5-4-9-15(16)17)18(21)13-14-7-2-1-3-8-14/h4-5,9,11,14,16H,1-3,6-8,10,12-13,19H2. The summed E-state index contributed by atoms with van der Waals surface area (Å²) in [5.74, 6) is 0.888. The van der Waals surface area contributed by atoms with E-state index in [0.29, 0.717) is 18.2 Å². The van der Waals surface area contributed by atoms with E-state index in [1.54, 1.807) is 0 Å². The summed E-state index contributed by atoms with van der Waals surface area (Å²) in [6.07, 6.45) is 9.03. The van der Waals surface area contributed by atoms with Crippen LogP contribution in [0.2, 0.25) is 0 Å². The highest BCUT2D eigenvalue weighted by atomic mass is 16.2. The van der Waals surface area contributed by atoms with Crippen molar-refractivity contribution in [3.8, 4) is 0 Å². The van der Waals surface area contributed by atoms with Crippen molar-refractivity contribution in [2.24, 2.45) is 11.7 Å². The van der Waals surface area contributed by atoms with Crippen LogP contribution in [0, 0.1) is 5.92 Å². The first kappa shape index (κ1) is 14.6. The van der Waals surface area contributed by atoms with E-state index in [1.807, 2.05) is 17.0 Å². The Morgan fingerprint density at radius 3 is 2.67 bits per heavy atom. The first-order chi connectivity index (χ1) is 10.3. The molecular weight excluding hydrogens is 260 g/mol. The molecule has 3 rings (SSSR count). The third kappa shape index (κ3) is 3.29. The number of hydrogen-bond donors (Lipinski definition) is 1. The van der Waals surface area contributed by atoms with E-state index in [-0.39, 0.29) is 6.04 Å². The second-order valence-corrected chi connectivity index (χ2v) is 6.56. The van der Waals surface area contributed by atoms with Crippen LogP contribution in [0.4, 0.5) is 5.69 Å². The number of amides is 1. The topological polar surface area (TPSA) is 46.3 Å². The second kappa shape index (κ2) is 6.61. The Morgan fingerprint density at radius 1 is 1.10 bits per heavy atom. The van der Waals surface area contributed by atoms with Crippen molar-refractivity contribution in [2.75, 3.05) is 11.4 Å². The third-order valence-corrected chi connectivity index (χ3v) is 5.01. The fraction of sp³-hybridized carbons (Fsp3) is 0.611. The van der Waals surface area contributed by atoms with Gasteiger partial charge in [0.2, 0.25) is 5.91 Å². The molecular formula is C18H26N2O. The van der Waals surface area contributed by atoms with Crippen LogP contribution in [0.5, 0.6) is 0 Å². The molecule has 0 bridgehead atoms. The maximum absolute atomic E-state index is 12.8. The van der Waals surface area contributed by atoms with Gasteiger partial charge in [-0.25, -0.2) is 0 Å². The van der Waals surface area contributed by atoms with E-state index in [9.17, 15) is 4.79 Å². The molecule has 1 saturated carbocycles. The number of anilines is 1. The smallest absolute Gasteiger partial charge is 0.227 e. The van der Waals surface area contributed by atoms with Gasteiger partial charge >= 0.3 is 0 Å². The molecule has 0 saturated heterocycles. The molecule has 1 amide bonds. The molecule has 3 nitrogen and oxygen atoms in total. The Balaban J connectivity index is 1.77. The normalized spacial score (nSPS) is 23.5. The zero-order valence-corrected chi connectivity index (χ0v) is 12.8. The lowest BCUT2D eigenvalue weighted by Crippen LogP contribution is -2.33. The Kier molecular flexibility index (Phi) is 4.59. The lowest BCUT2D eigenvalue weighted by molar-refractivity contribution is -0.119. The minimum Gasteiger partial charge on any atom is -0.324 e. The van der Waals surface area contributed by atoms with Crippen LogP contribution >= 0.6 is 0 Å². The number of hydrogen-bond acceptors (Lipinski definition) is 2. The quantitative estimate of drug-likeness (QED) is 0.899. The van der Waals surface area contributed by atoms with Gasteiger partial charge < -0.3 is 10.6 Å². The molecule has 1 atom stereocenters. The number of fused-ring (bicyclic) bond motifs is 1. The van der Waals surface area contributed by atoms with Crippen molar-refractivity contribution in [2.45, 2.75) is 57.4 Å². The molecule has 2 aliphatic rings. The molecule has 2 N–H and O–H groups in total. The summed E-state index contributed by atoms with van der Waals surface area (Å²) in [7, 11) is 0. The van der Waals surface area contributed by atoms with Gasteiger partial charge in [-0.15, -0.1) is 0 Å². The van der Waals surface area contributed by atoms with Crippen LogP contribution in [0.1, 0.15) is 63.0 Å². The summed E-state index contributed by atoms with van der Waals surface area (Å²) in [5, 5.41) is 0. The van der Waals surface area contributed by atoms with Gasteiger partial charge in [-0.2, -0.15) is 0 Å². The zero-order valence-electron chi connectivity index (χ0n) is 12.8. The van der Waals surface area contributed by atoms with Crippen LogP contribution in [-0.2, 0) is 4.79 Å². The van der Waals surface area contributed by atoms with Crippen LogP contribution in [0.3, 0.4) is 0 Å². The third-order valence-electron chi connectivity index (χ3n) is 5.01. The average Bonchev–Trinajstić information content (AvgIpc) is 2.68. The maximum Gasteiger partial charge on any atom is 0.227 e. The lowest BCUT2D eigenvalue weighted by Gasteiger charge is -2.27. The first-order valence-electron chi connectivity index (χ1n) is 8.40. The van der Waals surface area contributed by atoms with E-state index in [2.05, 4.69) is 12.1 Å². The van der Waals surface area contributed by atoms with Gasteiger partial charge in [-0.1, -0.05) is 37.5 Å². The van der Waals surface area contributed by atoms with Crippen LogP contribution in [-0.4, -0.2) is 12.5 Å². The maximum atomic E-state index is 12.8. The SMILES string of the molecule is NC1CCCN(C(=O)CC2CCCCC2)c2ccccc21. The molecule has 1 unspecified atom stereocenters. The van der Waals surface area contributed by atoms with Gasteiger partial charge in [0.1, 0.15) is 0 Å². The van der Waals surface area contributed by atoms with E-state index in [4.69, 9.17) is 5.73 Å². The van der Waals surface area contributed by atoms with Gasteiger partial charge in [0.15, 0.2) is 0 Å². The van der Waals surface area contributed by atoms with Crippen LogP contribution in [0.25, 0.3) is 0 Å². The number of carbonyl (C=O) groups is 1. The van der Waals surface area contributed by atoms with Crippen LogP contribution in [0.15, 0.2) is 24.3 Å². The molecule has 0 radical (unpaired) electrons. The highest BCUT2D eigenvalue weighted by molar-refractivity contribution is 5.94. The summed E-state index contributed by atoms with van der Waals surface area (Å²) in [5.41, 5.74) is 8.43. The van der Waals surface area contributed by atoms with Gasteiger partial charge in [0.25, 0.3) is 0 Å². The number of carbonyl (C=O) groups excluding carboxylic acids is 1. The Hall–Kier alpha value is -1.35. The zero-order chi connectivity index (χ0) is 14.7. The van der Waals surface area contributed by atoms with Gasteiger partial charge in [-0.3, -0.25) is 4.79 Å². The van der Waals surface area contributed by atoms with Gasteiger partial charge in [0.05, 0.1) is 0 Å². The summed E-state index contributed by atoms with van der Waals surface area (Å²) in [4.78, 5) is 14.8. The Labute approximate surface area is 127 Å². The van der Waals surface area contributed by atoms with Crippen molar-refractivity contribution < 1.29 is 4.79 Å². The molecule has 114 valence electrons. The predicted octanol–water partition coefficient (Wildman–Crippen LogP) is 3.78. The van der Waals surface area contributed by atoms with Crippen molar-refractivity contribution in [1.82, 2.24) is 0 Å². The lowest BCUT2D eigenvalue weighted by atomic mass is 9.86. The Bertz CT molecular complexity index is 494. The van der Waals surface area contributed by atoms with Crippen molar-refractivity contribution in [1.29, 1.82) is 0 Å². The largest absolute Gasteiger partial charge is 0.324 e. The summed E-state index contributed by atoms with van der Waals surface area (Å²) in [6, 6.07) is 8.23. The van der Waals surface area contributed by atoms with Crippen molar-refractivity contribution in [3.63, 3.8) is 0 Å². The fourth-order valence-electron chi connectivity index (χ4n) is 3.80. The molecule has 21 heavy (non-hydrogen) atoms. The highest BCUT2D eigenvalue weighted by Crippen LogP contribution is 2.33. The number of para-hydroxylation sites is 1. The first-order valence-corrected chi connectivity index (χ1v) is 8.40. The number of nitrogens with two attached hydrogens (primary N) is 1. The molecule has 0 aromatic heterocycles. The van der Waals surface area contributed by atoms with E-state index in [1.165, 1.54) is 32.1 Å². The number of rotatable bonds is 2. The second-order valence-electron chi connectivity index (χ2n) is 6.56. The van der Waals surface area contributed by atoms with E-state index < -0.39 is 0 Å². The molecule has 1 fully saturated rings. The molecule has 1 aromatic rings. The molecule has 1 aliphatic heterocycles. The van der Waals surface area contributed by atoms with Crippen molar-refractivity contribution in [3.05, 3.63) is 29.8 Å². The van der Waals surface area contributed by atoms with Crippen molar-refractivity contribution >= 4 is 11.6 Å². The van der Waals surface area contributed by atoms with E-state index in [0.717, 1.165) is 30.6 Å². The summed E-state index contributed by atoms with van der Waals surface area (Å²) < 4.78 is 0. The average molecular weight is 286 g/mol. The van der Waals surface area contributed by atoms with Gasteiger partial charge in [0, 0.05) is 24.7 Å². The van der Waals surface area contributed by atoms with E-state index >= 15 is 0 Å². The molecule has 1 heterocycles. The molecule has 0 spiro atoms.